The van der Waals surface area contributed by atoms with Gasteiger partial charge in [0, 0.05) is 0 Å². The van der Waals surface area contributed by atoms with Gasteiger partial charge in [0.1, 0.15) is 0 Å². The summed E-state index contributed by atoms with van der Waals surface area (Å²) >= 11 is 0. The zero-order valence-electron chi connectivity index (χ0n) is 12.8. The fraction of sp³-hybridized carbons (Fsp3) is 0.278. The van der Waals surface area contributed by atoms with Gasteiger partial charge in [-0.05, 0) is 49.1 Å². The number of hydrogen-bond donors (Lipinski definition) is 2. The molecule has 2 aromatic rings. The van der Waals surface area contributed by atoms with Crippen LogP contribution in [0.3, 0.4) is 0 Å². The molecule has 0 spiro atoms. The van der Waals surface area contributed by atoms with E-state index in [9.17, 15) is 4.79 Å². The number of anilines is 2. The van der Waals surface area contributed by atoms with Crippen LogP contribution >= 0.6 is 0 Å². The summed E-state index contributed by atoms with van der Waals surface area (Å²) in [6.45, 7) is 6.04. The Balaban J connectivity index is 2.23. The van der Waals surface area contributed by atoms with Gasteiger partial charge in [-0.15, -0.1) is 0 Å². The highest BCUT2D eigenvalue weighted by Gasteiger charge is 2.19. The molecule has 0 aliphatic rings. The lowest BCUT2D eigenvalue weighted by molar-refractivity contribution is -0.117. The molecule has 1 amide bonds. The lowest BCUT2D eigenvalue weighted by Crippen LogP contribution is -2.21. The van der Waals surface area contributed by atoms with Crippen LogP contribution in [-0.4, -0.2) is 5.91 Å². The van der Waals surface area contributed by atoms with Crippen LogP contribution in [0.2, 0.25) is 0 Å². The van der Waals surface area contributed by atoms with Gasteiger partial charge in [0.15, 0.2) is 0 Å². The van der Waals surface area contributed by atoms with Crippen molar-refractivity contribution in [1.29, 1.82) is 0 Å². The standard InChI is InChI=1S/C18H22N2O/c1-4-15(14-8-6-5-7-9-14)18(21)20-17-11-13(3)12(2)10-16(17)19/h5-11,15H,4,19H2,1-3H3,(H,20,21). The zero-order valence-corrected chi connectivity index (χ0v) is 12.8. The highest BCUT2D eigenvalue weighted by molar-refractivity contribution is 5.98. The molecule has 21 heavy (non-hydrogen) atoms. The lowest BCUT2D eigenvalue weighted by Gasteiger charge is -2.17. The van der Waals surface area contributed by atoms with E-state index in [1.807, 2.05) is 63.2 Å². The molecule has 3 N–H and O–H groups in total. The van der Waals surface area contributed by atoms with Crippen molar-refractivity contribution in [2.75, 3.05) is 11.1 Å². The fourth-order valence-electron chi connectivity index (χ4n) is 2.42. The summed E-state index contributed by atoms with van der Waals surface area (Å²) < 4.78 is 0. The second kappa shape index (κ2) is 6.44. The monoisotopic (exact) mass is 282 g/mol. The molecule has 0 bridgehead atoms. The third-order valence-electron chi connectivity index (χ3n) is 3.85. The van der Waals surface area contributed by atoms with Gasteiger partial charge >= 0.3 is 0 Å². The van der Waals surface area contributed by atoms with E-state index in [4.69, 9.17) is 5.73 Å². The minimum Gasteiger partial charge on any atom is -0.397 e. The Morgan fingerprint density at radius 2 is 1.76 bits per heavy atom. The number of nitrogens with one attached hydrogen (secondary N) is 1. The first-order valence-electron chi connectivity index (χ1n) is 7.25. The Morgan fingerprint density at radius 3 is 2.38 bits per heavy atom. The number of benzene rings is 2. The number of amides is 1. The minimum atomic E-state index is -0.160. The second-order valence-corrected chi connectivity index (χ2v) is 5.38. The third kappa shape index (κ3) is 3.43. The first kappa shape index (κ1) is 15.1. The smallest absolute Gasteiger partial charge is 0.231 e. The molecule has 2 rings (SSSR count). The summed E-state index contributed by atoms with van der Waals surface area (Å²) in [4.78, 5) is 12.5. The zero-order chi connectivity index (χ0) is 15.4. The van der Waals surface area contributed by atoms with Crippen LogP contribution in [0.1, 0.15) is 36.0 Å². The average molecular weight is 282 g/mol. The van der Waals surface area contributed by atoms with E-state index in [1.54, 1.807) is 0 Å². The molecule has 0 radical (unpaired) electrons. The van der Waals surface area contributed by atoms with Gasteiger partial charge in [-0.2, -0.15) is 0 Å². The summed E-state index contributed by atoms with van der Waals surface area (Å²) in [5, 5.41) is 2.96. The van der Waals surface area contributed by atoms with Crippen LogP contribution in [0.4, 0.5) is 11.4 Å². The van der Waals surface area contributed by atoms with Crippen LogP contribution in [0.25, 0.3) is 0 Å². The molecule has 0 aromatic heterocycles. The summed E-state index contributed by atoms with van der Waals surface area (Å²) in [5.41, 5.74) is 10.6. The van der Waals surface area contributed by atoms with E-state index < -0.39 is 0 Å². The highest BCUT2D eigenvalue weighted by Crippen LogP contribution is 2.26. The molecule has 0 aliphatic carbocycles. The maximum absolute atomic E-state index is 12.5. The SMILES string of the molecule is CCC(C(=O)Nc1cc(C)c(C)cc1N)c1ccccc1. The van der Waals surface area contributed by atoms with Crippen molar-refractivity contribution >= 4 is 17.3 Å². The van der Waals surface area contributed by atoms with Crippen molar-refractivity contribution in [1.82, 2.24) is 0 Å². The summed E-state index contributed by atoms with van der Waals surface area (Å²) in [6.07, 6.45) is 0.751. The normalized spacial score (nSPS) is 12.0. The van der Waals surface area contributed by atoms with E-state index in [0.29, 0.717) is 11.4 Å². The Labute approximate surface area is 126 Å². The molecule has 3 heteroatoms. The lowest BCUT2D eigenvalue weighted by atomic mass is 9.95. The molecule has 1 atom stereocenters. The van der Waals surface area contributed by atoms with E-state index in [1.165, 1.54) is 0 Å². The summed E-state index contributed by atoms with van der Waals surface area (Å²) in [7, 11) is 0. The molecule has 0 saturated carbocycles. The van der Waals surface area contributed by atoms with Crippen LogP contribution in [0.15, 0.2) is 42.5 Å². The van der Waals surface area contributed by atoms with Gasteiger partial charge in [-0.25, -0.2) is 0 Å². The van der Waals surface area contributed by atoms with Crippen LogP contribution in [0.5, 0.6) is 0 Å². The van der Waals surface area contributed by atoms with Gasteiger partial charge in [0.2, 0.25) is 5.91 Å². The van der Waals surface area contributed by atoms with Crippen molar-refractivity contribution in [2.24, 2.45) is 0 Å². The number of nitrogens with two attached hydrogens (primary N) is 1. The molecule has 0 aliphatic heterocycles. The second-order valence-electron chi connectivity index (χ2n) is 5.38. The fourth-order valence-corrected chi connectivity index (χ4v) is 2.42. The Morgan fingerprint density at radius 1 is 1.14 bits per heavy atom. The first-order valence-corrected chi connectivity index (χ1v) is 7.25. The number of rotatable bonds is 4. The van der Waals surface area contributed by atoms with Crippen LogP contribution < -0.4 is 11.1 Å². The Bertz CT molecular complexity index is 635. The van der Waals surface area contributed by atoms with Crippen molar-refractivity contribution < 1.29 is 4.79 Å². The number of nitrogen functional groups attached to an aromatic ring is 1. The number of carbonyl (C=O) groups excluding carboxylic acids is 1. The van der Waals surface area contributed by atoms with Crippen LogP contribution in [0, 0.1) is 13.8 Å². The van der Waals surface area contributed by atoms with E-state index in [-0.39, 0.29) is 11.8 Å². The Hall–Kier alpha value is -2.29. The quantitative estimate of drug-likeness (QED) is 0.832. The molecule has 3 nitrogen and oxygen atoms in total. The van der Waals surface area contributed by atoms with Gasteiger partial charge in [-0.1, -0.05) is 37.3 Å². The first-order chi connectivity index (χ1) is 10.0. The molecule has 1 unspecified atom stereocenters. The van der Waals surface area contributed by atoms with Crippen molar-refractivity contribution in [3.63, 3.8) is 0 Å². The maximum atomic E-state index is 12.5. The highest BCUT2D eigenvalue weighted by atomic mass is 16.1. The van der Waals surface area contributed by atoms with Crippen molar-refractivity contribution in [3.05, 3.63) is 59.2 Å². The number of hydrogen-bond acceptors (Lipinski definition) is 2. The average Bonchev–Trinajstić information content (AvgIpc) is 2.46. The number of aryl methyl sites for hydroxylation is 2. The van der Waals surface area contributed by atoms with Gasteiger partial charge in [0.05, 0.1) is 17.3 Å². The summed E-state index contributed by atoms with van der Waals surface area (Å²) in [6, 6.07) is 13.7. The predicted octanol–water partition coefficient (Wildman–Crippen LogP) is 4.02. The van der Waals surface area contributed by atoms with Gasteiger partial charge in [-0.3, -0.25) is 4.79 Å². The molecular weight excluding hydrogens is 260 g/mol. The van der Waals surface area contributed by atoms with Gasteiger partial charge in [0.25, 0.3) is 0 Å². The van der Waals surface area contributed by atoms with E-state index in [2.05, 4.69) is 5.32 Å². The number of carbonyl (C=O) groups is 1. The molecule has 0 saturated heterocycles. The van der Waals surface area contributed by atoms with Gasteiger partial charge < -0.3 is 11.1 Å². The molecule has 110 valence electrons. The molecule has 0 fully saturated rings. The minimum absolute atomic E-state index is 0.0151. The molecular formula is C18H22N2O. The maximum Gasteiger partial charge on any atom is 0.231 e. The Kier molecular flexibility index (Phi) is 4.63. The third-order valence-corrected chi connectivity index (χ3v) is 3.85. The predicted molar refractivity (Wildman–Crippen MR) is 88.4 cm³/mol. The van der Waals surface area contributed by atoms with E-state index >= 15 is 0 Å². The van der Waals surface area contributed by atoms with Crippen molar-refractivity contribution in [3.8, 4) is 0 Å². The molecule has 2 aromatic carbocycles. The topological polar surface area (TPSA) is 55.1 Å². The van der Waals surface area contributed by atoms with Crippen molar-refractivity contribution in [2.45, 2.75) is 33.1 Å². The van der Waals surface area contributed by atoms with Crippen LogP contribution in [-0.2, 0) is 4.79 Å². The largest absolute Gasteiger partial charge is 0.397 e. The molecule has 0 heterocycles. The van der Waals surface area contributed by atoms with E-state index in [0.717, 1.165) is 23.1 Å². The summed E-state index contributed by atoms with van der Waals surface area (Å²) in [5.74, 6) is -0.175.